The zero-order chi connectivity index (χ0) is 27.8. The van der Waals surface area contributed by atoms with E-state index in [0.717, 1.165) is 37.2 Å². The predicted molar refractivity (Wildman–Crippen MR) is 155 cm³/mol. The third kappa shape index (κ3) is 3.04. The van der Waals surface area contributed by atoms with Crippen LogP contribution >= 0.6 is 0 Å². The summed E-state index contributed by atoms with van der Waals surface area (Å²) in [6.07, 6.45) is 13.3. The molecule has 5 N–H and O–H groups in total. The number of rotatable bonds is 1. The van der Waals surface area contributed by atoms with E-state index in [2.05, 4.69) is 64.7 Å². The van der Waals surface area contributed by atoms with Gasteiger partial charge >= 0.3 is 0 Å². The molecule has 7 atom stereocenters. The maximum absolute atomic E-state index is 10.3. The van der Waals surface area contributed by atoms with Crippen LogP contribution in [0.2, 0.25) is 0 Å². The summed E-state index contributed by atoms with van der Waals surface area (Å²) >= 11 is 0. The Balaban J connectivity index is 1.35. The Kier molecular flexibility index (Phi) is 4.96. The van der Waals surface area contributed by atoms with Gasteiger partial charge in [-0.15, -0.1) is 0 Å². The molecule has 0 spiro atoms. The highest BCUT2D eigenvalue weighted by atomic mass is 16.3. The topological polar surface area (TPSA) is 104 Å². The predicted octanol–water partition coefficient (Wildman–Crippen LogP) is 7.19. The number of nitrogens with two attached hydrogens (primary N) is 1. The second kappa shape index (κ2) is 7.53. The molecule has 5 aliphatic carbocycles. The fourth-order valence-electron chi connectivity index (χ4n) is 11.7. The Hall–Kier alpha value is -2.24. The number of H-pyrrole nitrogens is 2. The largest absolute Gasteiger partial charge is 0.494 e. The molecule has 3 fully saturated rings. The van der Waals surface area contributed by atoms with E-state index in [1.807, 2.05) is 6.07 Å². The van der Waals surface area contributed by atoms with Gasteiger partial charge in [0.15, 0.2) is 0 Å². The summed E-state index contributed by atoms with van der Waals surface area (Å²) in [7, 11) is 0. The van der Waals surface area contributed by atoms with E-state index >= 15 is 0 Å². The molecule has 0 aromatic carbocycles. The molecule has 2 heterocycles. The summed E-state index contributed by atoms with van der Waals surface area (Å²) in [5, 5.41) is 25.7. The van der Waals surface area contributed by atoms with Gasteiger partial charge in [-0.25, -0.2) is 5.10 Å². The smallest absolute Gasteiger partial charge is 0.206 e. The molecular formula is C33H49N5O. The van der Waals surface area contributed by atoms with Gasteiger partial charge in [0, 0.05) is 22.5 Å². The number of hydrogen-bond donors (Lipinski definition) is 4. The van der Waals surface area contributed by atoms with Crippen molar-refractivity contribution >= 4 is 5.82 Å². The number of aromatic hydroxyl groups is 1. The lowest BCUT2D eigenvalue weighted by molar-refractivity contribution is -0.154. The Bertz CT molecular complexity index is 1370. The van der Waals surface area contributed by atoms with Crippen LogP contribution in [0.4, 0.5) is 5.82 Å². The van der Waals surface area contributed by atoms with E-state index in [9.17, 15) is 5.11 Å². The molecule has 0 bridgehead atoms. The van der Waals surface area contributed by atoms with Gasteiger partial charge in [0.1, 0.15) is 5.82 Å². The highest BCUT2D eigenvalue weighted by Gasteiger charge is 2.68. The summed E-state index contributed by atoms with van der Waals surface area (Å²) in [5.74, 6) is 2.66. The number of hydrogen-bond acceptors (Lipinski definition) is 4. The number of anilines is 1. The number of aromatic amines is 2. The molecular weight excluding hydrogens is 482 g/mol. The van der Waals surface area contributed by atoms with Gasteiger partial charge in [-0.2, -0.15) is 10.2 Å². The minimum Gasteiger partial charge on any atom is -0.494 e. The summed E-state index contributed by atoms with van der Waals surface area (Å²) in [6, 6.07) is 1.92. The summed E-state index contributed by atoms with van der Waals surface area (Å²) in [4.78, 5) is 0. The molecule has 2 aromatic heterocycles. The van der Waals surface area contributed by atoms with Crippen molar-refractivity contribution in [2.75, 3.05) is 5.73 Å². The van der Waals surface area contributed by atoms with Crippen molar-refractivity contribution in [3.8, 4) is 5.88 Å². The van der Waals surface area contributed by atoms with Gasteiger partial charge < -0.3 is 10.8 Å². The number of aromatic nitrogens is 4. The van der Waals surface area contributed by atoms with Gasteiger partial charge in [0.2, 0.25) is 5.88 Å². The highest BCUT2D eigenvalue weighted by molar-refractivity contribution is 5.49. The summed E-state index contributed by atoms with van der Waals surface area (Å²) < 4.78 is 0. The Labute approximate surface area is 234 Å². The molecule has 2 aromatic rings. The maximum Gasteiger partial charge on any atom is 0.206 e. The molecule has 0 saturated heterocycles. The number of nitrogen functional groups attached to an aromatic ring is 1. The third-order valence-corrected chi connectivity index (χ3v) is 13.9. The van der Waals surface area contributed by atoms with Crippen LogP contribution < -0.4 is 5.73 Å². The van der Waals surface area contributed by atoms with Crippen LogP contribution in [-0.4, -0.2) is 25.5 Å². The second-order valence-corrected chi connectivity index (χ2v) is 16.4. The highest BCUT2D eigenvalue weighted by Crippen LogP contribution is 2.75. The van der Waals surface area contributed by atoms with Gasteiger partial charge in [-0.05, 0) is 97.2 Å². The van der Waals surface area contributed by atoms with Crippen LogP contribution in [0.25, 0.3) is 0 Å². The van der Waals surface area contributed by atoms with Gasteiger partial charge in [-0.1, -0.05) is 60.1 Å². The minimum absolute atomic E-state index is 0.0136. The standard InChI is InChI=1S/C33H49N5O/c1-28(2)12-14-33(24-16-25(39)36-35-24)15-13-31(6)20(21(33)18-28)8-9-23-30(5)17-19-26(37-38-27(19)34)29(3,4)22(30)10-11-32(23,31)7/h8,16,21-23H,9-15,17-18H2,1-7H3,(H3,34,37,38)(H2,35,36,39)/t21?,22?,23?,30-,31+,32+,33-/m0/s1. The van der Waals surface area contributed by atoms with Gasteiger partial charge in [0.25, 0.3) is 0 Å². The van der Waals surface area contributed by atoms with Crippen molar-refractivity contribution in [3.05, 3.63) is 34.7 Å². The van der Waals surface area contributed by atoms with Crippen molar-refractivity contribution < 1.29 is 5.11 Å². The van der Waals surface area contributed by atoms with Crippen LogP contribution in [0.15, 0.2) is 17.7 Å². The van der Waals surface area contributed by atoms with Crippen LogP contribution in [0.5, 0.6) is 5.88 Å². The Morgan fingerprint density at radius 2 is 1.67 bits per heavy atom. The monoisotopic (exact) mass is 531 g/mol. The molecule has 0 amide bonds. The zero-order valence-electron chi connectivity index (χ0n) is 25.2. The molecule has 3 unspecified atom stereocenters. The third-order valence-electron chi connectivity index (χ3n) is 13.9. The summed E-state index contributed by atoms with van der Waals surface area (Å²) in [5.41, 5.74) is 12.7. The number of nitrogens with one attached hydrogen (secondary N) is 2. The molecule has 3 saturated carbocycles. The van der Waals surface area contributed by atoms with Crippen molar-refractivity contribution in [2.45, 2.75) is 117 Å². The molecule has 212 valence electrons. The normalized spacial score (nSPS) is 43.8. The maximum atomic E-state index is 10.3. The lowest BCUT2D eigenvalue weighted by Gasteiger charge is -2.70. The van der Waals surface area contributed by atoms with Crippen LogP contribution in [0, 0.1) is 39.4 Å². The molecule has 39 heavy (non-hydrogen) atoms. The van der Waals surface area contributed by atoms with E-state index in [1.54, 1.807) is 5.57 Å². The number of nitrogens with zero attached hydrogens (tertiary/aromatic N) is 2. The first-order chi connectivity index (χ1) is 18.2. The molecule has 0 aliphatic heterocycles. The fraction of sp³-hybridized carbons (Fsp3) is 0.758. The molecule has 6 heteroatoms. The quantitative estimate of drug-likeness (QED) is 0.292. The van der Waals surface area contributed by atoms with Crippen molar-refractivity contribution in [1.29, 1.82) is 0 Å². The SMILES string of the molecule is CC1(C)CC[C@]2(c3cc(O)[nH]n3)CC[C@]3(C)C(=CCC4[C@@]5(C)Cc6c(n[nH]c6N)C(C)(C)C5CC[C@]43C)C2C1. The van der Waals surface area contributed by atoms with Crippen LogP contribution in [0.3, 0.4) is 0 Å². The molecule has 0 radical (unpaired) electrons. The van der Waals surface area contributed by atoms with E-state index in [4.69, 9.17) is 15.9 Å². The Morgan fingerprint density at radius 1 is 0.923 bits per heavy atom. The molecule has 6 nitrogen and oxygen atoms in total. The van der Waals surface area contributed by atoms with E-state index in [0.29, 0.717) is 23.2 Å². The van der Waals surface area contributed by atoms with E-state index in [1.165, 1.54) is 43.4 Å². The fourth-order valence-corrected chi connectivity index (χ4v) is 11.7. The van der Waals surface area contributed by atoms with Crippen LogP contribution in [-0.2, 0) is 17.3 Å². The first-order valence-corrected chi connectivity index (χ1v) is 15.5. The van der Waals surface area contributed by atoms with Crippen LogP contribution in [0.1, 0.15) is 117 Å². The molecule has 7 rings (SSSR count). The molecule has 5 aliphatic rings. The lowest BCUT2D eigenvalue weighted by Crippen LogP contribution is -2.64. The first-order valence-electron chi connectivity index (χ1n) is 15.5. The average Bonchev–Trinajstić information content (AvgIpc) is 3.45. The number of fused-ring (bicyclic) bond motifs is 8. The average molecular weight is 532 g/mol. The van der Waals surface area contributed by atoms with E-state index < -0.39 is 0 Å². The second-order valence-electron chi connectivity index (χ2n) is 16.4. The van der Waals surface area contributed by atoms with Crippen molar-refractivity contribution in [2.24, 2.45) is 39.4 Å². The van der Waals surface area contributed by atoms with E-state index in [-0.39, 0.29) is 33.0 Å². The minimum atomic E-state index is 0.0136. The van der Waals surface area contributed by atoms with Crippen molar-refractivity contribution in [1.82, 2.24) is 20.4 Å². The lowest BCUT2D eigenvalue weighted by atomic mass is 9.33. The Morgan fingerprint density at radius 3 is 2.38 bits per heavy atom. The number of allylic oxidation sites excluding steroid dienone is 2. The zero-order valence-corrected chi connectivity index (χ0v) is 25.2. The van der Waals surface area contributed by atoms with Gasteiger partial charge in [0.05, 0.1) is 11.4 Å². The first kappa shape index (κ1) is 25.7. The van der Waals surface area contributed by atoms with Crippen molar-refractivity contribution in [3.63, 3.8) is 0 Å². The summed E-state index contributed by atoms with van der Waals surface area (Å²) in [6.45, 7) is 17.6. The van der Waals surface area contributed by atoms with Gasteiger partial charge in [-0.3, -0.25) is 5.10 Å².